The number of hydrogen-bond donors (Lipinski definition) is 1. The Morgan fingerprint density at radius 1 is 1.47 bits per heavy atom. The van der Waals surface area contributed by atoms with Gasteiger partial charge in [0.2, 0.25) is 5.88 Å². The molecule has 1 aromatic rings. The molecule has 5 nitrogen and oxygen atoms in total. The first kappa shape index (κ1) is 13.8. The number of nitrogens with zero attached hydrogens (tertiary/aromatic N) is 1. The first-order valence-corrected chi connectivity index (χ1v) is 6.11. The molecule has 0 atom stereocenters. The number of carbonyl (C=O) groups is 1. The SMILES string of the molecule is CCOC(=O)c1cc(Br)c(NC)nc1OCC. The van der Waals surface area contributed by atoms with Crippen LogP contribution in [0.3, 0.4) is 0 Å². The van der Waals surface area contributed by atoms with Crippen LogP contribution in [0.25, 0.3) is 0 Å². The average molecular weight is 303 g/mol. The van der Waals surface area contributed by atoms with Crippen molar-refractivity contribution in [1.29, 1.82) is 0 Å². The first-order valence-electron chi connectivity index (χ1n) is 5.32. The van der Waals surface area contributed by atoms with E-state index in [1.807, 2.05) is 6.92 Å². The van der Waals surface area contributed by atoms with Gasteiger partial charge < -0.3 is 14.8 Å². The van der Waals surface area contributed by atoms with Gasteiger partial charge in [-0.1, -0.05) is 0 Å². The zero-order valence-corrected chi connectivity index (χ0v) is 11.6. The van der Waals surface area contributed by atoms with Gasteiger partial charge >= 0.3 is 5.97 Å². The molecule has 0 aliphatic rings. The van der Waals surface area contributed by atoms with Crippen LogP contribution in [0.5, 0.6) is 5.88 Å². The van der Waals surface area contributed by atoms with Gasteiger partial charge in [0.1, 0.15) is 11.4 Å². The molecular weight excluding hydrogens is 288 g/mol. The monoisotopic (exact) mass is 302 g/mol. The lowest BCUT2D eigenvalue weighted by Crippen LogP contribution is -2.10. The lowest BCUT2D eigenvalue weighted by molar-refractivity contribution is 0.0521. The van der Waals surface area contributed by atoms with E-state index in [0.717, 1.165) is 0 Å². The van der Waals surface area contributed by atoms with Crippen molar-refractivity contribution in [2.45, 2.75) is 13.8 Å². The molecule has 1 aromatic heterocycles. The number of nitrogens with one attached hydrogen (secondary N) is 1. The molecule has 1 N–H and O–H groups in total. The van der Waals surface area contributed by atoms with Crippen LogP contribution in [0.4, 0.5) is 5.82 Å². The summed E-state index contributed by atoms with van der Waals surface area (Å²) in [5, 5.41) is 2.90. The zero-order valence-electron chi connectivity index (χ0n) is 10.0. The van der Waals surface area contributed by atoms with Crippen molar-refractivity contribution in [2.75, 3.05) is 25.6 Å². The Kier molecular flexibility index (Phi) is 5.21. The highest BCUT2D eigenvalue weighted by molar-refractivity contribution is 9.10. The van der Waals surface area contributed by atoms with E-state index < -0.39 is 5.97 Å². The van der Waals surface area contributed by atoms with Crippen molar-refractivity contribution in [3.05, 3.63) is 16.1 Å². The van der Waals surface area contributed by atoms with Crippen molar-refractivity contribution < 1.29 is 14.3 Å². The van der Waals surface area contributed by atoms with E-state index in [1.54, 1.807) is 20.0 Å². The van der Waals surface area contributed by atoms with Crippen molar-refractivity contribution >= 4 is 27.7 Å². The number of aromatic nitrogens is 1. The Hall–Kier alpha value is -1.30. The lowest BCUT2D eigenvalue weighted by atomic mass is 10.2. The second-order valence-corrected chi connectivity index (χ2v) is 3.93. The summed E-state index contributed by atoms with van der Waals surface area (Å²) in [4.78, 5) is 15.9. The summed E-state index contributed by atoms with van der Waals surface area (Å²) in [5.41, 5.74) is 0.319. The third-order valence-electron chi connectivity index (χ3n) is 1.95. The second-order valence-electron chi connectivity index (χ2n) is 3.07. The van der Waals surface area contributed by atoms with Gasteiger partial charge in [0.05, 0.1) is 17.7 Å². The van der Waals surface area contributed by atoms with Crippen LogP contribution < -0.4 is 10.1 Å². The molecule has 0 aromatic carbocycles. The summed E-state index contributed by atoms with van der Waals surface area (Å²) < 4.78 is 11.0. The maximum Gasteiger partial charge on any atom is 0.343 e. The third-order valence-corrected chi connectivity index (χ3v) is 2.56. The van der Waals surface area contributed by atoms with Crippen LogP contribution in [-0.2, 0) is 4.74 Å². The molecule has 0 radical (unpaired) electrons. The fraction of sp³-hybridized carbons (Fsp3) is 0.455. The van der Waals surface area contributed by atoms with E-state index in [2.05, 4.69) is 26.2 Å². The second kappa shape index (κ2) is 6.44. The Bertz CT molecular complexity index is 410. The number of pyridine rings is 1. The minimum Gasteiger partial charge on any atom is -0.477 e. The summed E-state index contributed by atoms with van der Waals surface area (Å²) in [6.07, 6.45) is 0. The molecule has 0 saturated carbocycles. The maximum absolute atomic E-state index is 11.7. The van der Waals surface area contributed by atoms with E-state index in [-0.39, 0.29) is 5.88 Å². The van der Waals surface area contributed by atoms with Gasteiger partial charge in [0.25, 0.3) is 0 Å². The number of rotatable bonds is 5. The van der Waals surface area contributed by atoms with E-state index in [9.17, 15) is 4.79 Å². The zero-order chi connectivity index (χ0) is 12.8. The smallest absolute Gasteiger partial charge is 0.343 e. The highest BCUT2D eigenvalue weighted by Crippen LogP contribution is 2.27. The largest absolute Gasteiger partial charge is 0.477 e. The predicted octanol–water partition coefficient (Wildman–Crippen LogP) is 2.46. The van der Waals surface area contributed by atoms with E-state index in [4.69, 9.17) is 9.47 Å². The standard InChI is InChI=1S/C11H15BrN2O3/c1-4-16-10-7(11(15)17-5-2)6-8(12)9(13-3)14-10/h6H,4-5H2,1-3H3,(H,13,14). The average Bonchev–Trinajstić information content (AvgIpc) is 2.31. The molecule has 6 heteroatoms. The minimum atomic E-state index is -0.438. The topological polar surface area (TPSA) is 60.5 Å². The van der Waals surface area contributed by atoms with Crippen LogP contribution in [0.15, 0.2) is 10.5 Å². The highest BCUT2D eigenvalue weighted by Gasteiger charge is 2.18. The quantitative estimate of drug-likeness (QED) is 0.847. The third kappa shape index (κ3) is 3.33. The van der Waals surface area contributed by atoms with Crippen molar-refractivity contribution in [2.24, 2.45) is 0 Å². The van der Waals surface area contributed by atoms with E-state index >= 15 is 0 Å². The predicted molar refractivity (Wildman–Crippen MR) is 68.6 cm³/mol. The Labute approximate surface area is 109 Å². The molecule has 0 saturated heterocycles. The van der Waals surface area contributed by atoms with E-state index in [1.165, 1.54) is 0 Å². The maximum atomic E-state index is 11.7. The molecule has 0 aliphatic carbocycles. The number of esters is 1. The molecule has 1 heterocycles. The van der Waals surface area contributed by atoms with Crippen molar-refractivity contribution in [1.82, 2.24) is 4.98 Å². The van der Waals surface area contributed by atoms with Crippen molar-refractivity contribution in [3.63, 3.8) is 0 Å². The van der Waals surface area contributed by atoms with Gasteiger partial charge in [0.15, 0.2) is 0 Å². The molecule has 94 valence electrons. The summed E-state index contributed by atoms with van der Waals surface area (Å²) in [7, 11) is 1.74. The fourth-order valence-electron chi connectivity index (χ4n) is 1.25. The molecule has 0 bridgehead atoms. The molecule has 17 heavy (non-hydrogen) atoms. The Morgan fingerprint density at radius 3 is 2.71 bits per heavy atom. The minimum absolute atomic E-state index is 0.276. The summed E-state index contributed by atoms with van der Waals surface area (Å²) in [6.45, 7) is 4.33. The van der Waals surface area contributed by atoms with Gasteiger partial charge in [0, 0.05) is 7.05 Å². The van der Waals surface area contributed by atoms with Crippen molar-refractivity contribution in [3.8, 4) is 5.88 Å². The summed E-state index contributed by atoms with van der Waals surface area (Å²) >= 11 is 3.32. The van der Waals surface area contributed by atoms with E-state index in [0.29, 0.717) is 29.1 Å². The molecular formula is C11H15BrN2O3. The van der Waals surface area contributed by atoms with Crippen LogP contribution in [-0.4, -0.2) is 31.2 Å². The molecule has 0 amide bonds. The molecule has 0 fully saturated rings. The van der Waals surface area contributed by atoms with Gasteiger partial charge in [-0.05, 0) is 35.8 Å². The Balaban J connectivity index is 3.17. The van der Waals surface area contributed by atoms with Crippen LogP contribution in [0.2, 0.25) is 0 Å². The number of hydrogen-bond acceptors (Lipinski definition) is 5. The number of anilines is 1. The van der Waals surface area contributed by atoms with Crippen LogP contribution in [0.1, 0.15) is 24.2 Å². The Morgan fingerprint density at radius 2 is 2.18 bits per heavy atom. The molecule has 0 unspecified atom stereocenters. The molecule has 1 rings (SSSR count). The summed E-state index contributed by atoms with van der Waals surface area (Å²) in [5.74, 6) is 0.451. The lowest BCUT2D eigenvalue weighted by Gasteiger charge is -2.11. The van der Waals surface area contributed by atoms with Gasteiger partial charge in [-0.3, -0.25) is 0 Å². The molecule has 0 aliphatic heterocycles. The highest BCUT2D eigenvalue weighted by atomic mass is 79.9. The normalized spacial score (nSPS) is 9.88. The molecule has 0 spiro atoms. The van der Waals surface area contributed by atoms with Crippen LogP contribution in [0, 0.1) is 0 Å². The number of carbonyl (C=O) groups excluding carboxylic acids is 1. The van der Waals surface area contributed by atoms with Gasteiger partial charge in [-0.25, -0.2) is 4.79 Å². The number of halogens is 1. The van der Waals surface area contributed by atoms with Gasteiger partial charge in [-0.15, -0.1) is 0 Å². The fourth-order valence-corrected chi connectivity index (χ4v) is 1.76. The van der Waals surface area contributed by atoms with Gasteiger partial charge in [-0.2, -0.15) is 4.98 Å². The van der Waals surface area contributed by atoms with Crippen LogP contribution >= 0.6 is 15.9 Å². The summed E-state index contributed by atoms with van der Waals surface area (Å²) in [6, 6.07) is 1.64. The number of ether oxygens (including phenoxy) is 2. The first-order chi connectivity index (χ1) is 8.13.